The Morgan fingerprint density at radius 3 is 2.53 bits per heavy atom. The van der Waals surface area contributed by atoms with Crippen molar-refractivity contribution in [1.29, 1.82) is 0 Å². The van der Waals surface area contributed by atoms with E-state index in [0.717, 1.165) is 5.01 Å². The minimum absolute atomic E-state index is 0.00101. The number of carboxylic acid groups (broad SMARTS) is 1. The third-order valence-corrected chi connectivity index (χ3v) is 1.98. The Morgan fingerprint density at radius 1 is 1.47 bits per heavy atom. The zero-order chi connectivity index (χ0) is 13.4. The fourth-order valence-corrected chi connectivity index (χ4v) is 1.27. The molecule has 0 bridgehead atoms. The molecule has 17 heavy (non-hydrogen) atoms. The van der Waals surface area contributed by atoms with Gasteiger partial charge in [0.1, 0.15) is 6.54 Å². The second-order valence-corrected chi connectivity index (χ2v) is 3.87. The summed E-state index contributed by atoms with van der Waals surface area (Å²) in [6, 6.07) is -0.508. The quantitative estimate of drug-likeness (QED) is 0.298. The maximum Gasteiger partial charge on any atom is 0.319 e. The Hall–Kier alpha value is -1.22. The molecule has 0 rings (SSSR count). The van der Waals surface area contributed by atoms with Crippen LogP contribution in [-0.4, -0.2) is 59.4 Å². The average Bonchev–Trinajstić information content (AvgIpc) is 2.14. The van der Waals surface area contributed by atoms with Gasteiger partial charge in [-0.1, -0.05) is 0 Å². The van der Waals surface area contributed by atoms with Crippen LogP contribution in [0.25, 0.3) is 0 Å². The van der Waals surface area contributed by atoms with E-state index in [0.29, 0.717) is 0 Å². The first-order valence-corrected chi connectivity index (χ1v) is 5.21. The van der Waals surface area contributed by atoms with Gasteiger partial charge in [-0.15, -0.1) is 0 Å². The minimum Gasteiger partial charge on any atom is -0.480 e. The van der Waals surface area contributed by atoms with Crippen molar-refractivity contribution < 1.29 is 19.8 Å². The monoisotopic (exact) mass is 248 g/mol. The molecule has 100 valence electrons. The number of rotatable bonds is 8. The van der Waals surface area contributed by atoms with E-state index in [1.165, 1.54) is 7.05 Å². The largest absolute Gasteiger partial charge is 0.480 e. The lowest BCUT2D eigenvalue weighted by atomic mass is 10.1. The molecule has 8 heteroatoms. The highest BCUT2D eigenvalue weighted by Crippen LogP contribution is 1.99. The van der Waals surface area contributed by atoms with Crippen molar-refractivity contribution in [3.8, 4) is 0 Å². The summed E-state index contributed by atoms with van der Waals surface area (Å²) >= 11 is 0. The van der Waals surface area contributed by atoms with Crippen molar-refractivity contribution in [3.05, 3.63) is 0 Å². The molecule has 7 N–H and O–H groups in total. The van der Waals surface area contributed by atoms with Crippen molar-refractivity contribution >= 4 is 11.9 Å². The van der Waals surface area contributed by atoms with Crippen LogP contribution in [0.2, 0.25) is 0 Å². The van der Waals surface area contributed by atoms with Crippen molar-refractivity contribution in [1.82, 2.24) is 10.4 Å². The predicted octanol–water partition coefficient (Wildman–Crippen LogP) is -2.54. The highest BCUT2D eigenvalue weighted by Gasteiger charge is 2.15. The number of aliphatic carboxylic acids is 1. The zero-order valence-electron chi connectivity index (χ0n) is 9.80. The fraction of sp³-hybridized carbons (Fsp3) is 0.778. The summed E-state index contributed by atoms with van der Waals surface area (Å²) < 4.78 is 0. The summed E-state index contributed by atoms with van der Waals surface area (Å²) in [6.07, 6.45) is -0.498. The first kappa shape index (κ1) is 15.8. The lowest BCUT2D eigenvalue weighted by Gasteiger charge is -2.18. The van der Waals surface area contributed by atoms with Gasteiger partial charge in [0, 0.05) is 26.1 Å². The number of carbonyl (C=O) groups is 2. The van der Waals surface area contributed by atoms with E-state index in [4.69, 9.17) is 16.6 Å². The number of aliphatic hydroxyl groups excluding tert-OH is 1. The van der Waals surface area contributed by atoms with Crippen LogP contribution in [0.15, 0.2) is 0 Å². The van der Waals surface area contributed by atoms with Crippen LogP contribution in [0.5, 0.6) is 0 Å². The summed E-state index contributed by atoms with van der Waals surface area (Å²) in [7, 11) is 1.44. The first-order chi connectivity index (χ1) is 7.85. The predicted molar refractivity (Wildman–Crippen MR) is 60.7 cm³/mol. The Balaban J connectivity index is 3.88. The number of hydrogen-bond acceptors (Lipinski definition) is 6. The Morgan fingerprint density at radius 2 is 2.06 bits per heavy atom. The van der Waals surface area contributed by atoms with Gasteiger partial charge in [0.15, 0.2) is 0 Å². The van der Waals surface area contributed by atoms with E-state index in [1.54, 1.807) is 0 Å². The lowest BCUT2D eigenvalue weighted by molar-refractivity contribution is -0.139. The number of hydrazine groups is 1. The molecule has 8 nitrogen and oxygen atoms in total. The Labute approximate surface area is 99.5 Å². The molecule has 0 spiro atoms. The summed E-state index contributed by atoms with van der Waals surface area (Å²) in [5, 5.41) is 18.8. The molecule has 0 aromatic rings. The standard InChI is InChI=1S/C9H20N4O4/c1-13(5-9(16)17)12-8(15)3-6(11)2-7(14)4-10/h6-7,14H,2-5,10-11H2,1H3,(H,12,15)(H,16,17)/t6-,7-/m0/s1. The summed E-state index contributed by atoms with van der Waals surface area (Å²) in [5.41, 5.74) is 13.2. The Kier molecular flexibility index (Phi) is 7.39. The van der Waals surface area contributed by atoms with Crippen LogP contribution < -0.4 is 16.9 Å². The molecule has 1 amide bonds. The van der Waals surface area contributed by atoms with Crippen LogP contribution in [0.4, 0.5) is 0 Å². The van der Waals surface area contributed by atoms with E-state index in [9.17, 15) is 14.7 Å². The molecule has 0 aliphatic carbocycles. The van der Waals surface area contributed by atoms with Crippen LogP contribution in [0.1, 0.15) is 12.8 Å². The molecule has 0 aliphatic heterocycles. The molecule has 0 saturated heterocycles. The minimum atomic E-state index is -1.05. The van der Waals surface area contributed by atoms with Crippen molar-refractivity contribution in [3.63, 3.8) is 0 Å². The number of nitrogens with one attached hydrogen (secondary N) is 1. The third-order valence-electron chi connectivity index (χ3n) is 1.98. The number of hydrogen-bond donors (Lipinski definition) is 5. The molecule has 0 radical (unpaired) electrons. The molecular formula is C9H20N4O4. The molecule has 0 heterocycles. The van der Waals surface area contributed by atoms with Gasteiger partial charge in [-0.2, -0.15) is 0 Å². The molecular weight excluding hydrogens is 228 g/mol. The van der Waals surface area contributed by atoms with Gasteiger partial charge in [-0.25, -0.2) is 5.01 Å². The summed E-state index contributed by atoms with van der Waals surface area (Å²) in [6.45, 7) is -0.208. The molecule has 0 aromatic carbocycles. The molecule has 0 saturated carbocycles. The SMILES string of the molecule is CN(CC(=O)O)NC(=O)C[C@@H](N)C[C@H](O)CN. The maximum atomic E-state index is 11.4. The van der Waals surface area contributed by atoms with Crippen molar-refractivity contribution in [2.24, 2.45) is 11.5 Å². The normalized spacial score (nSPS) is 14.4. The second kappa shape index (κ2) is 7.96. The number of nitrogens with two attached hydrogens (primary N) is 2. The van der Waals surface area contributed by atoms with Gasteiger partial charge in [0.05, 0.1) is 6.10 Å². The second-order valence-electron chi connectivity index (χ2n) is 3.87. The number of likely N-dealkylation sites (N-methyl/N-ethyl adjacent to an activating group) is 1. The van der Waals surface area contributed by atoms with Gasteiger partial charge in [-0.05, 0) is 6.42 Å². The smallest absolute Gasteiger partial charge is 0.319 e. The fourth-order valence-electron chi connectivity index (χ4n) is 1.27. The van der Waals surface area contributed by atoms with Gasteiger partial charge >= 0.3 is 5.97 Å². The van der Waals surface area contributed by atoms with Gasteiger partial charge in [0.25, 0.3) is 0 Å². The molecule has 0 unspecified atom stereocenters. The lowest BCUT2D eigenvalue weighted by Crippen LogP contribution is -2.44. The first-order valence-electron chi connectivity index (χ1n) is 5.21. The Bertz CT molecular complexity index is 261. The van der Waals surface area contributed by atoms with Crippen LogP contribution in [0.3, 0.4) is 0 Å². The van der Waals surface area contributed by atoms with Crippen LogP contribution in [-0.2, 0) is 9.59 Å². The highest BCUT2D eigenvalue weighted by atomic mass is 16.4. The van der Waals surface area contributed by atoms with Crippen LogP contribution >= 0.6 is 0 Å². The molecule has 0 fully saturated rings. The van der Waals surface area contributed by atoms with Gasteiger partial charge in [-0.3, -0.25) is 15.0 Å². The van der Waals surface area contributed by atoms with Crippen molar-refractivity contribution in [2.75, 3.05) is 20.1 Å². The molecule has 2 atom stereocenters. The highest BCUT2D eigenvalue weighted by molar-refractivity contribution is 5.76. The summed E-state index contributed by atoms with van der Waals surface area (Å²) in [4.78, 5) is 21.7. The number of amides is 1. The summed E-state index contributed by atoms with van der Waals surface area (Å²) in [5.74, 6) is -1.44. The zero-order valence-corrected chi connectivity index (χ0v) is 9.80. The molecule has 0 aliphatic rings. The van der Waals surface area contributed by atoms with Crippen LogP contribution in [0, 0.1) is 0 Å². The topological polar surface area (TPSA) is 142 Å². The number of aliphatic hydroxyl groups is 1. The van der Waals surface area contributed by atoms with Gasteiger partial charge < -0.3 is 21.7 Å². The van der Waals surface area contributed by atoms with E-state index in [1.807, 2.05) is 0 Å². The molecule has 0 aromatic heterocycles. The van der Waals surface area contributed by atoms with Gasteiger partial charge in [0.2, 0.25) is 5.91 Å². The van der Waals surface area contributed by atoms with E-state index < -0.39 is 24.0 Å². The number of carboxylic acids is 1. The van der Waals surface area contributed by atoms with E-state index in [2.05, 4.69) is 5.43 Å². The average molecular weight is 248 g/mol. The van der Waals surface area contributed by atoms with E-state index >= 15 is 0 Å². The number of nitrogens with zero attached hydrogens (tertiary/aromatic N) is 1. The third kappa shape index (κ3) is 8.57. The number of carbonyl (C=O) groups excluding carboxylic acids is 1. The van der Waals surface area contributed by atoms with Crippen molar-refractivity contribution in [2.45, 2.75) is 25.0 Å². The van der Waals surface area contributed by atoms with E-state index in [-0.39, 0.29) is 25.9 Å². The maximum absolute atomic E-state index is 11.4.